The Morgan fingerprint density at radius 1 is 0.590 bits per heavy atom. The predicted octanol–water partition coefficient (Wildman–Crippen LogP) is 0.671. The number of fused-ring (bicyclic) bond motifs is 2. The highest BCUT2D eigenvalue weighted by Crippen LogP contribution is 2.45. The molecule has 0 aromatic heterocycles. The molecule has 15 heteroatoms. The van der Waals surface area contributed by atoms with E-state index in [0.717, 1.165) is 78.8 Å². The minimum Gasteiger partial charge on any atom is -1.00 e. The van der Waals surface area contributed by atoms with Gasteiger partial charge in [-0.25, -0.2) is 0 Å². The Morgan fingerprint density at radius 2 is 1.16 bits per heavy atom. The Hall–Kier alpha value is -3.42. The number of hydrogen-bond acceptors (Lipinski definition) is 11. The van der Waals surface area contributed by atoms with Crippen molar-refractivity contribution in [2.75, 3.05) is 103 Å². The first kappa shape index (κ1) is 51.9. The number of rotatable bonds is 22. The van der Waals surface area contributed by atoms with Gasteiger partial charge >= 0.3 is 11.9 Å². The summed E-state index contributed by atoms with van der Waals surface area (Å²) >= 11 is 0. The van der Waals surface area contributed by atoms with Gasteiger partial charge in [-0.3, -0.25) is 9.59 Å². The highest BCUT2D eigenvalue weighted by atomic mass is 127. The molecule has 2 unspecified atom stereocenters. The molecule has 0 saturated carbocycles. The molecule has 3 aromatic carbocycles. The molecule has 340 valence electrons. The summed E-state index contributed by atoms with van der Waals surface area (Å²) in [6.07, 6.45) is 6.07. The van der Waals surface area contributed by atoms with Crippen LogP contribution in [0.2, 0.25) is 0 Å². The van der Waals surface area contributed by atoms with E-state index in [4.69, 9.17) is 42.6 Å². The number of hydrogen-bond donors (Lipinski definition) is 0. The number of carbonyl (C=O) groups is 2. The maximum Gasteiger partial charge on any atom is 0.311 e. The van der Waals surface area contributed by atoms with Gasteiger partial charge in [0, 0.05) is 31.2 Å². The third-order valence-electron chi connectivity index (χ3n) is 12.2. The van der Waals surface area contributed by atoms with Crippen molar-refractivity contribution in [3.8, 4) is 40.2 Å². The summed E-state index contributed by atoms with van der Waals surface area (Å²) in [5, 5.41) is 0. The number of nitrogens with zero attached hydrogens (tertiary/aromatic N) is 2. The summed E-state index contributed by atoms with van der Waals surface area (Å²) in [6, 6.07) is 12.6. The van der Waals surface area contributed by atoms with E-state index >= 15 is 0 Å². The number of quaternary nitrogens is 2. The average Bonchev–Trinajstić information content (AvgIpc) is 3.25. The van der Waals surface area contributed by atoms with E-state index in [0.29, 0.717) is 78.6 Å². The Labute approximate surface area is 396 Å². The molecular formula is C46H66I2N2O11. The van der Waals surface area contributed by atoms with Gasteiger partial charge in [0.15, 0.2) is 34.5 Å². The van der Waals surface area contributed by atoms with Crippen LogP contribution in [0.5, 0.6) is 40.2 Å². The summed E-state index contributed by atoms with van der Waals surface area (Å²) in [6.45, 7) is 4.82. The van der Waals surface area contributed by atoms with E-state index in [2.05, 4.69) is 38.4 Å². The van der Waals surface area contributed by atoms with Crippen molar-refractivity contribution >= 4 is 11.9 Å². The van der Waals surface area contributed by atoms with Crippen LogP contribution in [0.4, 0.5) is 0 Å². The molecule has 2 aliphatic heterocycles. The first-order valence-corrected chi connectivity index (χ1v) is 20.7. The fourth-order valence-electron chi connectivity index (χ4n) is 8.69. The summed E-state index contributed by atoms with van der Waals surface area (Å²) in [5.41, 5.74) is 5.96. The number of benzene rings is 3. The normalized spacial score (nSPS) is 18.8. The molecule has 0 bridgehead atoms. The van der Waals surface area contributed by atoms with Gasteiger partial charge in [0.2, 0.25) is 5.75 Å². The van der Waals surface area contributed by atoms with E-state index in [-0.39, 0.29) is 72.5 Å². The zero-order valence-electron chi connectivity index (χ0n) is 37.5. The summed E-state index contributed by atoms with van der Waals surface area (Å²) < 4.78 is 52.1. The monoisotopic (exact) mass is 1080 g/mol. The molecule has 0 saturated heterocycles. The van der Waals surface area contributed by atoms with Crippen molar-refractivity contribution in [3.63, 3.8) is 0 Å². The highest BCUT2D eigenvalue weighted by Gasteiger charge is 2.40. The zero-order valence-corrected chi connectivity index (χ0v) is 41.8. The SMILES string of the molecule is COc1ccc(C[C@@H]2c3cc(OC)c(OC)cc3CC[N+]2(C)CCCCOC(=O)CCCCOC(=O)CC[N+]2(C)CCc3cc(OC)c(OC)c(OC)c3C2)cc1OC.[I-].[I-]. The summed E-state index contributed by atoms with van der Waals surface area (Å²) in [5.74, 6) is 4.37. The number of halogens is 2. The molecule has 13 nitrogen and oxygen atoms in total. The van der Waals surface area contributed by atoms with Crippen LogP contribution < -0.4 is 81.1 Å². The minimum absolute atomic E-state index is 0. The minimum atomic E-state index is -0.226. The van der Waals surface area contributed by atoms with Gasteiger partial charge < -0.3 is 99.6 Å². The van der Waals surface area contributed by atoms with Crippen LogP contribution in [-0.2, 0) is 44.9 Å². The topological polar surface area (TPSA) is 117 Å². The van der Waals surface area contributed by atoms with Gasteiger partial charge in [0.05, 0.1) is 115 Å². The van der Waals surface area contributed by atoms with Crippen molar-refractivity contribution in [1.82, 2.24) is 0 Å². The molecule has 0 N–H and O–H groups in total. The maximum absolute atomic E-state index is 12.7. The lowest BCUT2D eigenvalue weighted by Gasteiger charge is -2.46. The van der Waals surface area contributed by atoms with E-state index in [9.17, 15) is 9.59 Å². The summed E-state index contributed by atoms with van der Waals surface area (Å²) in [4.78, 5) is 25.3. The molecule has 0 fully saturated rings. The summed E-state index contributed by atoms with van der Waals surface area (Å²) in [7, 11) is 16.0. The highest BCUT2D eigenvalue weighted by molar-refractivity contribution is 5.70. The van der Waals surface area contributed by atoms with Gasteiger partial charge in [-0.2, -0.15) is 0 Å². The van der Waals surface area contributed by atoms with Crippen LogP contribution in [0.25, 0.3) is 0 Å². The first-order chi connectivity index (χ1) is 28.4. The molecule has 61 heavy (non-hydrogen) atoms. The Morgan fingerprint density at radius 3 is 1.80 bits per heavy atom. The number of likely N-dealkylation sites (N-methyl/N-ethyl adjacent to an activating group) is 2. The van der Waals surface area contributed by atoms with Crippen molar-refractivity contribution in [2.24, 2.45) is 0 Å². The molecule has 2 aliphatic rings. The smallest absolute Gasteiger partial charge is 0.311 e. The average molecular weight is 1080 g/mol. The Balaban J connectivity index is 0.00000496. The number of carbonyl (C=O) groups excluding carboxylic acids is 2. The van der Waals surface area contributed by atoms with E-state index in [1.165, 1.54) is 16.7 Å². The third-order valence-corrected chi connectivity index (χ3v) is 12.2. The van der Waals surface area contributed by atoms with Gasteiger partial charge in [0.25, 0.3) is 0 Å². The number of methoxy groups -OCH3 is 7. The second kappa shape index (κ2) is 24.4. The third kappa shape index (κ3) is 13.1. The molecule has 5 rings (SSSR count). The van der Waals surface area contributed by atoms with Gasteiger partial charge in [-0.1, -0.05) is 6.07 Å². The van der Waals surface area contributed by atoms with Crippen LogP contribution in [-0.4, -0.2) is 124 Å². The lowest BCUT2D eigenvalue weighted by atomic mass is 9.86. The molecule has 0 amide bonds. The van der Waals surface area contributed by atoms with Crippen LogP contribution in [0.15, 0.2) is 36.4 Å². The van der Waals surface area contributed by atoms with Crippen molar-refractivity contribution < 1.29 is 109 Å². The lowest BCUT2D eigenvalue weighted by molar-refractivity contribution is -0.941. The van der Waals surface area contributed by atoms with Crippen LogP contribution in [0.3, 0.4) is 0 Å². The molecule has 0 spiro atoms. The fraction of sp³-hybridized carbons (Fsp3) is 0.565. The van der Waals surface area contributed by atoms with Gasteiger partial charge in [-0.05, 0) is 72.7 Å². The molecular weight excluding hydrogens is 1010 g/mol. The van der Waals surface area contributed by atoms with Crippen LogP contribution >= 0.6 is 0 Å². The Bertz CT molecular complexity index is 1910. The molecule has 0 radical (unpaired) electrons. The Kier molecular flexibility index (Phi) is 20.8. The fourth-order valence-corrected chi connectivity index (χ4v) is 8.69. The van der Waals surface area contributed by atoms with Crippen molar-refractivity contribution in [1.29, 1.82) is 0 Å². The first-order valence-electron chi connectivity index (χ1n) is 20.7. The molecule has 2 heterocycles. The van der Waals surface area contributed by atoms with E-state index in [1.54, 1.807) is 49.8 Å². The van der Waals surface area contributed by atoms with Gasteiger partial charge in [0.1, 0.15) is 12.6 Å². The molecule has 3 atom stereocenters. The van der Waals surface area contributed by atoms with Gasteiger partial charge in [-0.15, -0.1) is 0 Å². The predicted molar refractivity (Wildman–Crippen MR) is 224 cm³/mol. The number of ether oxygens (including phenoxy) is 9. The second-order valence-electron chi connectivity index (χ2n) is 16.1. The zero-order chi connectivity index (χ0) is 42.6. The van der Waals surface area contributed by atoms with Crippen LogP contribution in [0.1, 0.15) is 72.4 Å². The quantitative estimate of drug-likeness (QED) is 0.0613. The van der Waals surface area contributed by atoms with E-state index in [1.807, 2.05) is 12.1 Å². The maximum atomic E-state index is 12.7. The van der Waals surface area contributed by atoms with Crippen molar-refractivity contribution in [3.05, 3.63) is 64.2 Å². The second-order valence-corrected chi connectivity index (χ2v) is 16.1. The largest absolute Gasteiger partial charge is 1.00 e. The molecule has 0 aliphatic carbocycles. The van der Waals surface area contributed by atoms with Crippen molar-refractivity contribution in [2.45, 2.75) is 70.4 Å². The van der Waals surface area contributed by atoms with E-state index < -0.39 is 0 Å². The number of unbranched alkanes of at least 4 members (excludes halogenated alkanes) is 2. The molecule has 3 aromatic rings. The lowest BCUT2D eigenvalue weighted by Crippen LogP contribution is -3.00. The standard InChI is InChI=1S/C46H66N2O11.2HI/c1-47(21-17-34-29-42(55-7)46(57-9)45(56-8)36(34)31-47)22-19-44(50)59-24-12-10-14-43(49)58-25-13-11-20-48(2)23-18-33-28-40(53-5)41(54-6)30-35(33)37(48)26-32-15-16-38(51-3)39(27-32)52-4;;/h15-16,27-30,37H,10-14,17-26,31H2,1-9H3;2*1H/q+2;;/p-2/t37-,47?,48?;;/m1../s1. The number of esters is 2. The van der Waals surface area contributed by atoms with Crippen LogP contribution in [0, 0.1) is 0 Å².